The molecule has 0 saturated heterocycles. The molecule has 0 fully saturated rings. The number of hydrogen-bond donors (Lipinski definition) is 1. The molecule has 134 valence electrons. The topological polar surface area (TPSA) is 30.5 Å². The molecule has 3 nitrogen and oxygen atoms in total. The van der Waals surface area contributed by atoms with Crippen molar-refractivity contribution >= 4 is 11.6 Å². The summed E-state index contributed by atoms with van der Waals surface area (Å²) in [6, 6.07) is 23.9. The zero-order chi connectivity index (χ0) is 18.2. The van der Waals surface area contributed by atoms with Crippen LogP contribution in [0.4, 0.5) is 0 Å². The molecule has 0 saturated carbocycles. The first-order chi connectivity index (χ1) is 12.7. The van der Waals surface area contributed by atoms with E-state index in [0.717, 1.165) is 40.7 Å². The Balaban J connectivity index is 1.53. The SMILES string of the molecule is COc1ccccc1CNCc1cccc(OCc2ccc(Cl)cc2)c1. The minimum atomic E-state index is 0.523. The van der Waals surface area contributed by atoms with Gasteiger partial charge >= 0.3 is 0 Å². The second-order valence-corrected chi connectivity index (χ2v) is 6.41. The highest BCUT2D eigenvalue weighted by Crippen LogP contribution is 2.18. The smallest absolute Gasteiger partial charge is 0.123 e. The van der Waals surface area contributed by atoms with Crippen molar-refractivity contribution in [3.05, 3.63) is 94.5 Å². The number of nitrogens with one attached hydrogen (secondary N) is 1. The summed E-state index contributed by atoms with van der Waals surface area (Å²) in [7, 11) is 1.69. The average Bonchev–Trinajstić information content (AvgIpc) is 2.68. The fraction of sp³-hybridized carbons (Fsp3) is 0.182. The van der Waals surface area contributed by atoms with Crippen LogP contribution in [0.2, 0.25) is 5.02 Å². The van der Waals surface area contributed by atoms with Gasteiger partial charge < -0.3 is 14.8 Å². The van der Waals surface area contributed by atoms with E-state index in [2.05, 4.69) is 23.5 Å². The largest absolute Gasteiger partial charge is 0.496 e. The van der Waals surface area contributed by atoms with Crippen molar-refractivity contribution in [2.45, 2.75) is 19.7 Å². The highest BCUT2D eigenvalue weighted by molar-refractivity contribution is 6.30. The first-order valence-electron chi connectivity index (χ1n) is 8.53. The van der Waals surface area contributed by atoms with E-state index in [4.69, 9.17) is 21.1 Å². The molecule has 0 amide bonds. The van der Waals surface area contributed by atoms with Gasteiger partial charge in [0.15, 0.2) is 0 Å². The van der Waals surface area contributed by atoms with Crippen LogP contribution in [0.1, 0.15) is 16.7 Å². The van der Waals surface area contributed by atoms with Crippen molar-refractivity contribution in [2.24, 2.45) is 0 Å². The lowest BCUT2D eigenvalue weighted by atomic mass is 10.2. The van der Waals surface area contributed by atoms with Gasteiger partial charge in [-0.25, -0.2) is 0 Å². The van der Waals surface area contributed by atoms with Crippen molar-refractivity contribution in [3.8, 4) is 11.5 Å². The Morgan fingerprint density at radius 2 is 1.65 bits per heavy atom. The van der Waals surface area contributed by atoms with Crippen LogP contribution < -0.4 is 14.8 Å². The van der Waals surface area contributed by atoms with Crippen molar-refractivity contribution in [1.82, 2.24) is 5.32 Å². The molecule has 0 aliphatic carbocycles. The van der Waals surface area contributed by atoms with E-state index in [1.807, 2.05) is 54.6 Å². The molecule has 0 aliphatic rings. The molecule has 0 spiro atoms. The molecule has 3 aromatic rings. The fourth-order valence-electron chi connectivity index (χ4n) is 2.68. The molecule has 1 N–H and O–H groups in total. The molecule has 0 radical (unpaired) electrons. The molecule has 26 heavy (non-hydrogen) atoms. The molecule has 0 unspecified atom stereocenters. The molecule has 4 heteroatoms. The number of rotatable bonds is 8. The standard InChI is InChI=1S/C22H22ClNO2/c1-25-22-8-3-2-6-19(22)15-24-14-18-5-4-7-21(13-18)26-16-17-9-11-20(23)12-10-17/h2-13,24H,14-16H2,1H3. The van der Waals surface area contributed by atoms with Crippen LogP contribution >= 0.6 is 11.6 Å². The molecule has 0 bridgehead atoms. The minimum absolute atomic E-state index is 0.523. The second-order valence-electron chi connectivity index (χ2n) is 5.98. The molecular weight excluding hydrogens is 346 g/mol. The van der Waals surface area contributed by atoms with E-state index in [1.54, 1.807) is 7.11 Å². The van der Waals surface area contributed by atoms with E-state index in [9.17, 15) is 0 Å². The number of para-hydroxylation sites is 1. The van der Waals surface area contributed by atoms with Crippen LogP contribution in [0.25, 0.3) is 0 Å². The summed E-state index contributed by atoms with van der Waals surface area (Å²) in [4.78, 5) is 0. The Morgan fingerprint density at radius 1 is 0.846 bits per heavy atom. The Hall–Kier alpha value is -2.49. The monoisotopic (exact) mass is 367 g/mol. The first kappa shape index (κ1) is 18.3. The van der Waals surface area contributed by atoms with Crippen molar-refractivity contribution in [2.75, 3.05) is 7.11 Å². The van der Waals surface area contributed by atoms with Gasteiger partial charge in [-0.1, -0.05) is 54.1 Å². The van der Waals surface area contributed by atoms with Gasteiger partial charge in [0.1, 0.15) is 18.1 Å². The summed E-state index contributed by atoms with van der Waals surface area (Å²) in [5, 5.41) is 4.18. The summed E-state index contributed by atoms with van der Waals surface area (Å²) >= 11 is 5.91. The second kappa shape index (κ2) is 9.27. The lowest BCUT2D eigenvalue weighted by molar-refractivity contribution is 0.306. The summed E-state index contributed by atoms with van der Waals surface area (Å²) in [6.07, 6.45) is 0. The van der Waals surface area contributed by atoms with E-state index in [1.165, 1.54) is 5.56 Å². The third-order valence-electron chi connectivity index (χ3n) is 4.05. The lowest BCUT2D eigenvalue weighted by Gasteiger charge is -2.11. The summed E-state index contributed by atoms with van der Waals surface area (Å²) in [6.45, 7) is 2.03. The van der Waals surface area contributed by atoms with Crippen LogP contribution in [0.3, 0.4) is 0 Å². The van der Waals surface area contributed by atoms with Gasteiger partial charge in [-0.3, -0.25) is 0 Å². The van der Waals surface area contributed by atoms with Crippen LogP contribution in [-0.2, 0) is 19.7 Å². The van der Waals surface area contributed by atoms with Crippen molar-refractivity contribution in [3.63, 3.8) is 0 Å². The van der Waals surface area contributed by atoms with Gasteiger partial charge in [-0.15, -0.1) is 0 Å². The first-order valence-corrected chi connectivity index (χ1v) is 8.91. The zero-order valence-electron chi connectivity index (χ0n) is 14.7. The molecule has 0 heterocycles. The van der Waals surface area contributed by atoms with E-state index >= 15 is 0 Å². The van der Waals surface area contributed by atoms with Crippen LogP contribution in [0.15, 0.2) is 72.8 Å². The average molecular weight is 368 g/mol. The van der Waals surface area contributed by atoms with Gasteiger partial charge in [0.2, 0.25) is 0 Å². The van der Waals surface area contributed by atoms with Crippen molar-refractivity contribution < 1.29 is 9.47 Å². The summed E-state index contributed by atoms with van der Waals surface area (Å²) in [5.41, 5.74) is 3.41. The quantitative estimate of drug-likeness (QED) is 0.592. The molecule has 0 atom stereocenters. The highest BCUT2D eigenvalue weighted by atomic mass is 35.5. The van der Waals surface area contributed by atoms with E-state index < -0.39 is 0 Å². The Morgan fingerprint density at radius 3 is 2.46 bits per heavy atom. The predicted octanol–water partition coefficient (Wildman–Crippen LogP) is 5.22. The maximum atomic E-state index is 5.91. The van der Waals surface area contributed by atoms with Crippen LogP contribution in [0, 0.1) is 0 Å². The summed E-state index contributed by atoms with van der Waals surface area (Å²) in [5.74, 6) is 1.76. The lowest BCUT2D eigenvalue weighted by Crippen LogP contribution is -2.13. The Labute approximate surface area is 159 Å². The van der Waals surface area contributed by atoms with E-state index in [0.29, 0.717) is 6.61 Å². The Kier molecular flexibility index (Phi) is 6.53. The number of hydrogen-bond acceptors (Lipinski definition) is 3. The molecule has 0 aliphatic heterocycles. The molecule has 3 aromatic carbocycles. The molecule has 0 aromatic heterocycles. The zero-order valence-corrected chi connectivity index (χ0v) is 15.5. The maximum Gasteiger partial charge on any atom is 0.123 e. The van der Waals surface area contributed by atoms with Crippen LogP contribution in [0.5, 0.6) is 11.5 Å². The Bertz CT molecular complexity index is 834. The molecule has 3 rings (SSSR count). The minimum Gasteiger partial charge on any atom is -0.496 e. The maximum absolute atomic E-state index is 5.91. The third-order valence-corrected chi connectivity index (χ3v) is 4.31. The van der Waals surface area contributed by atoms with Gasteiger partial charge in [0.25, 0.3) is 0 Å². The highest BCUT2D eigenvalue weighted by Gasteiger charge is 2.02. The van der Waals surface area contributed by atoms with Gasteiger partial charge in [0.05, 0.1) is 7.11 Å². The predicted molar refractivity (Wildman–Crippen MR) is 106 cm³/mol. The number of benzene rings is 3. The third kappa shape index (κ3) is 5.25. The fourth-order valence-corrected chi connectivity index (χ4v) is 2.81. The van der Waals surface area contributed by atoms with Gasteiger partial charge in [0, 0.05) is 23.7 Å². The number of methoxy groups -OCH3 is 1. The number of ether oxygens (including phenoxy) is 2. The number of halogens is 1. The van der Waals surface area contributed by atoms with E-state index in [-0.39, 0.29) is 0 Å². The summed E-state index contributed by atoms with van der Waals surface area (Å²) < 4.78 is 11.3. The van der Waals surface area contributed by atoms with Gasteiger partial charge in [-0.05, 0) is 41.5 Å². The van der Waals surface area contributed by atoms with Crippen molar-refractivity contribution in [1.29, 1.82) is 0 Å². The molecular formula is C22H22ClNO2. The normalized spacial score (nSPS) is 10.5. The van der Waals surface area contributed by atoms with Crippen LogP contribution in [-0.4, -0.2) is 7.11 Å². The van der Waals surface area contributed by atoms with Gasteiger partial charge in [-0.2, -0.15) is 0 Å².